The molecule has 1 heterocycles. The first-order valence-corrected chi connectivity index (χ1v) is 9.87. The number of halogens is 3. The molecule has 0 aromatic heterocycles. The number of benzene rings is 2. The zero-order valence-electron chi connectivity index (χ0n) is 16.9. The number of likely N-dealkylation sites (tertiary alicyclic amines) is 1. The molecule has 3 rings (SSSR count). The highest BCUT2D eigenvalue weighted by molar-refractivity contribution is 6.30. The highest BCUT2D eigenvalue weighted by Crippen LogP contribution is 2.41. The van der Waals surface area contributed by atoms with E-state index in [1.165, 1.54) is 29.2 Å². The van der Waals surface area contributed by atoms with E-state index in [1.54, 1.807) is 45.0 Å². The fourth-order valence-corrected chi connectivity index (χ4v) is 3.13. The summed E-state index contributed by atoms with van der Waals surface area (Å²) in [6.45, 7) is 5.03. The normalized spacial score (nSPS) is 14.8. The van der Waals surface area contributed by atoms with Gasteiger partial charge in [-0.05, 0) is 57.2 Å². The van der Waals surface area contributed by atoms with E-state index in [1.807, 2.05) is 0 Å². The number of hydrogen-bond donors (Lipinski definition) is 1. The van der Waals surface area contributed by atoms with E-state index in [0.29, 0.717) is 16.3 Å². The Kier molecular flexibility index (Phi) is 6.04. The van der Waals surface area contributed by atoms with Crippen molar-refractivity contribution in [3.05, 3.63) is 64.7 Å². The molecule has 2 aromatic carbocycles. The SMILES string of the molecule is CC(C)(C)OC(=O)N1CC(C(F)(F)c2ccc(NC(=O)c3ccc(Cl)cc3)cc2)C1. The lowest BCUT2D eigenvalue weighted by Gasteiger charge is -2.43. The monoisotopic (exact) mass is 436 g/mol. The summed E-state index contributed by atoms with van der Waals surface area (Å²) in [7, 11) is 0. The maximum atomic E-state index is 14.8. The van der Waals surface area contributed by atoms with E-state index in [2.05, 4.69) is 5.32 Å². The first-order chi connectivity index (χ1) is 14.0. The minimum atomic E-state index is -3.10. The molecule has 0 radical (unpaired) electrons. The maximum Gasteiger partial charge on any atom is 0.410 e. The van der Waals surface area contributed by atoms with Crippen molar-refractivity contribution in [1.29, 1.82) is 0 Å². The van der Waals surface area contributed by atoms with E-state index in [-0.39, 0.29) is 24.6 Å². The predicted octanol–water partition coefficient (Wildman–Crippen LogP) is 5.55. The summed E-state index contributed by atoms with van der Waals surface area (Å²) in [5, 5.41) is 3.17. The lowest BCUT2D eigenvalue weighted by Crippen LogP contribution is -2.56. The molecule has 0 spiro atoms. The Labute approximate surface area is 179 Å². The third-order valence-electron chi connectivity index (χ3n) is 4.68. The van der Waals surface area contributed by atoms with Crippen LogP contribution >= 0.6 is 11.6 Å². The summed E-state index contributed by atoms with van der Waals surface area (Å²) in [6.07, 6.45) is -0.588. The number of amides is 2. The number of alkyl halides is 2. The first-order valence-electron chi connectivity index (χ1n) is 9.49. The van der Waals surface area contributed by atoms with Crippen LogP contribution in [-0.2, 0) is 10.7 Å². The molecule has 2 aromatic rings. The summed E-state index contributed by atoms with van der Waals surface area (Å²) in [4.78, 5) is 25.4. The quantitative estimate of drug-likeness (QED) is 0.683. The van der Waals surface area contributed by atoms with Gasteiger partial charge in [-0.3, -0.25) is 4.79 Å². The van der Waals surface area contributed by atoms with Crippen LogP contribution in [0.5, 0.6) is 0 Å². The van der Waals surface area contributed by atoms with Gasteiger partial charge in [0.05, 0.1) is 5.92 Å². The number of hydrogen-bond acceptors (Lipinski definition) is 3. The molecule has 1 aliphatic heterocycles. The van der Waals surface area contributed by atoms with Crippen LogP contribution in [0.15, 0.2) is 48.5 Å². The molecule has 0 bridgehead atoms. The highest BCUT2D eigenvalue weighted by Gasteiger charge is 2.50. The van der Waals surface area contributed by atoms with Gasteiger partial charge < -0.3 is 15.0 Å². The smallest absolute Gasteiger partial charge is 0.410 e. The van der Waals surface area contributed by atoms with Gasteiger partial charge >= 0.3 is 6.09 Å². The van der Waals surface area contributed by atoms with Crippen molar-refractivity contribution < 1.29 is 23.1 Å². The maximum absolute atomic E-state index is 14.8. The second-order valence-corrected chi connectivity index (χ2v) is 8.68. The largest absolute Gasteiger partial charge is 0.444 e. The van der Waals surface area contributed by atoms with Crippen LogP contribution in [0.3, 0.4) is 0 Å². The zero-order chi connectivity index (χ0) is 22.1. The van der Waals surface area contributed by atoms with Gasteiger partial charge in [0.25, 0.3) is 11.8 Å². The Morgan fingerprint density at radius 2 is 1.60 bits per heavy atom. The summed E-state index contributed by atoms with van der Waals surface area (Å²) < 4.78 is 34.8. The minimum absolute atomic E-state index is 0.0725. The van der Waals surface area contributed by atoms with E-state index in [4.69, 9.17) is 16.3 Å². The third-order valence-corrected chi connectivity index (χ3v) is 4.93. The van der Waals surface area contributed by atoms with Crippen molar-refractivity contribution in [1.82, 2.24) is 4.90 Å². The molecule has 1 fully saturated rings. The van der Waals surface area contributed by atoms with Crippen molar-refractivity contribution in [2.24, 2.45) is 5.92 Å². The number of carbonyl (C=O) groups excluding carboxylic acids is 2. The van der Waals surface area contributed by atoms with Crippen LogP contribution in [0.25, 0.3) is 0 Å². The van der Waals surface area contributed by atoms with Crippen LogP contribution < -0.4 is 5.32 Å². The van der Waals surface area contributed by atoms with Gasteiger partial charge in [-0.15, -0.1) is 0 Å². The van der Waals surface area contributed by atoms with Gasteiger partial charge in [-0.2, -0.15) is 0 Å². The minimum Gasteiger partial charge on any atom is -0.444 e. The molecule has 30 heavy (non-hydrogen) atoms. The van der Waals surface area contributed by atoms with E-state index in [9.17, 15) is 18.4 Å². The topological polar surface area (TPSA) is 58.6 Å². The Hall–Kier alpha value is -2.67. The predicted molar refractivity (Wildman–Crippen MR) is 111 cm³/mol. The molecule has 1 saturated heterocycles. The molecule has 8 heteroatoms. The lowest BCUT2D eigenvalue weighted by atomic mass is 9.88. The van der Waals surface area contributed by atoms with Crippen molar-refractivity contribution in [3.8, 4) is 0 Å². The molecule has 0 unspecified atom stereocenters. The Morgan fingerprint density at radius 1 is 1.03 bits per heavy atom. The van der Waals surface area contributed by atoms with Crippen LogP contribution in [-0.4, -0.2) is 35.6 Å². The van der Waals surface area contributed by atoms with Crippen molar-refractivity contribution in [3.63, 3.8) is 0 Å². The van der Waals surface area contributed by atoms with Gasteiger partial charge in [0.15, 0.2) is 0 Å². The second-order valence-electron chi connectivity index (χ2n) is 8.24. The third kappa shape index (κ3) is 5.08. The molecule has 0 aliphatic carbocycles. The fourth-order valence-electron chi connectivity index (χ4n) is 3.00. The molecule has 0 atom stereocenters. The molecular weight excluding hydrogens is 414 g/mol. The Balaban J connectivity index is 1.59. The van der Waals surface area contributed by atoms with Crippen molar-refractivity contribution in [2.75, 3.05) is 18.4 Å². The molecule has 1 N–H and O–H groups in total. The highest BCUT2D eigenvalue weighted by atomic mass is 35.5. The molecule has 2 amide bonds. The fraction of sp³-hybridized carbons (Fsp3) is 0.364. The number of nitrogens with one attached hydrogen (secondary N) is 1. The molecule has 1 aliphatic rings. The molecule has 5 nitrogen and oxygen atoms in total. The van der Waals surface area contributed by atoms with Crippen LogP contribution in [0.1, 0.15) is 36.7 Å². The number of nitrogens with zero attached hydrogens (tertiary/aromatic N) is 1. The lowest BCUT2D eigenvalue weighted by molar-refractivity contribution is -0.121. The standard InChI is InChI=1S/C22H23ClF2N2O3/c1-21(2,3)30-20(29)27-12-16(13-27)22(24,25)15-6-10-18(11-7-15)26-19(28)14-4-8-17(23)9-5-14/h4-11,16H,12-13H2,1-3H3,(H,26,28). The zero-order valence-corrected chi connectivity index (χ0v) is 17.7. The molecule has 0 saturated carbocycles. The van der Waals surface area contributed by atoms with E-state index < -0.39 is 23.5 Å². The Morgan fingerprint density at radius 3 is 2.13 bits per heavy atom. The number of rotatable bonds is 4. The van der Waals surface area contributed by atoms with Crippen molar-refractivity contribution in [2.45, 2.75) is 32.3 Å². The van der Waals surface area contributed by atoms with Crippen LogP contribution in [0, 0.1) is 5.92 Å². The summed E-state index contributed by atoms with van der Waals surface area (Å²) in [6, 6.07) is 11.8. The van der Waals surface area contributed by atoms with Gasteiger partial charge in [-0.1, -0.05) is 23.7 Å². The number of anilines is 1. The van der Waals surface area contributed by atoms with Gasteiger partial charge in [0.1, 0.15) is 5.60 Å². The average Bonchev–Trinajstić information content (AvgIpc) is 2.59. The van der Waals surface area contributed by atoms with E-state index in [0.717, 1.165) is 0 Å². The number of carbonyl (C=O) groups is 2. The van der Waals surface area contributed by atoms with Crippen LogP contribution in [0.4, 0.5) is 19.3 Å². The van der Waals surface area contributed by atoms with Crippen LogP contribution in [0.2, 0.25) is 5.02 Å². The molecular formula is C22H23ClF2N2O3. The van der Waals surface area contributed by atoms with Gasteiger partial charge in [0.2, 0.25) is 0 Å². The van der Waals surface area contributed by atoms with Gasteiger partial charge in [0, 0.05) is 34.9 Å². The summed E-state index contributed by atoms with van der Waals surface area (Å²) in [5.74, 6) is -4.45. The Bertz CT molecular complexity index is 919. The second kappa shape index (κ2) is 8.22. The summed E-state index contributed by atoms with van der Waals surface area (Å²) >= 11 is 5.80. The summed E-state index contributed by atoms with van der Waals surface area (Å²) in [5.41, 5.74) is -0.0263. The first kappa shape index (κ1) is 22.0. The van der Waals surface area contributed by atoms with E-state index >= 15 is 0 Å². The number of ether oxygens (including phenoxy) is 1. The molecule has 160 valence electrons. The van der Waals surface area contributed by atoms with Crippen molar-refractivity contribution >= 4 is 29.3 Å². The van der Waals surface area contributed by atoms with Gasteiger partial charge in [-0.25, -0.2) is 13.6 Å². The average molecular weight is 437 g/mol.